The van der Waals surface area contributed by atoms with Gasteiger partial charge in [0.05, 0.1) is 17.7 Å². The molecule has 0 spiro atoms. The molecule has 0 saturated heterocycles. The van der Waals surface area contributed by atoms with Crippen LogP contribution in [-0.4, -0.2) is 31.5 Å². The van der Waals surface area contributed by atoms with Crippen LogP contribution in [0.5, 0.6) is 5.75 Å². The Kier molecular flexibility index (Phi) is 3.61. The van der Waals surface area contributed by atoms with Gasteiger partial charge in [-0.15, -0.1) is 11.6 Å². The maximum atomic E-state index is 12.8. The Bertz CT molecular complexity index is 688. The third-order valence-electron chi connectivity index (χ3n) is 3.78. The molecule has 0 aliphatic carbocycles. The summed E-state index contributed by atoms with van der Waals surface area (Å²) in [5, 5.41) is 3.22. The molecule has 114 valence electrons. The second kappa shape index (κ2) is 5.18. The van der Waals surface area contributed by atoms with Gasteiger partial charge in [-0.1, -0.05) is 23.4 Å². The number of sulfone groups is 1. The van der Waals surface area contributed by atoms with E-state index in [0.717, 1.165) is 0 Å². The third kappa shape index (κ3) is 2.51. The number of hydrogen-bond acceptors (Lipinski definition) is 5. The van der Waals surface area contributed by atoms with Crippen LogP contribution in [0.3, 0.4) is 0 Å². The first-order valence-electron chi connectivity index (χ1n) is 6.73. The van der Waals surface area contributed by atoms with Gasteiger partial charge in [-0.25, -0.2) is 8.42 Å². The molecule has 2 heterocycles. The van der Waals surface area contributed by atoms with Crippen molar-refractivity contribution in [1.29, 1.82) is 0 Å². The van der Waals surface area contributed by atoms with Crippen molar-refractivity contribution in [2.45, 2.75) is 30.6 Å². The number of ether oxygens (including phenoxy) is 1. The number of hydrogen-bond donors (Lipinski definition) is 0. The van der Waals surface area contributed by atoms with E-state index in [1.807, 2.05) is 12.1 Å². The molecule has 0 fully saturated rings. The maximum Gasteiger partial charge on any atom is 0.202 e. The Hall–Kier alpha value is -1.27. The molecular weight excluding hydrogens is 314 g/mol. The van der Waals surface area contributed by atoms with Crippen LogP contribution >= 0.6 is 11.6 Å². The molecule has 7 heteroatoms. The lowest BCUT2D eigenvalue weighted by atomic mass is 10.1. The second-order valence-corrected chi connectivity index (χ2v) is 7.94. The zero-order chi connectivity index (χ0) is 15.1. The van der Waals surface area contributed by atoms with Crippen LogP contribution in [0.2, 0.25) is 0 Å². The molecule has 0 saturated carbocycles. The number of halogens is 1. The molecule has 3 rings (SSSR count). The van der Waals surface area contributed by atoms with E-state index in [0.29, 0.717) is 24.3 Å². The average molecular weight is 330 g/mol. The summed E-state index contributed by atoms with van der Waals surface area (Å²) in [7, 11) is -3.57. The first kappa shape index (κ1) is 14.7. The zero-order valence-electron chi connectivity index (χ0n) is 11.6. The number of rotatable bonds is 2. The van der Waals surface area contributed by atoms with Crippen LogP contribution in [0.15, 0.2) is 29.4 Å². The monoisotopic (exact) mass is 329 g/mol. The lowest BCUT2D eigenvalue weighted by Crippen LogP contribution is -2.31. The van der Waals surface area contributed by atoms with Crippen LogP contribution in [0, 0.1) is 0 Å². The first-order chi connectivity index (χ1) is 9.96. The quantitative estimate of drug-likeness (QED) is 0.782. The van der Waals surface area contributed by atoms with Crippen LogP contribution in [-0.2, 0) is 14.7 Å². The molecule has 0 radical (unpaired) electrons. The number of nitrogens with zero attached hydrogens (tertiary/aromatic N) is 1. The fourth-order valence-electron chi connectivity index (χ4n) is 2.57. The fraction of sp³-hybridized carbons (Fsp3) is 0.500. The summed E-state index contributed by atoms with van der Waals surface area (Å²) in [5.41, 5.74) is -0.0554. The summed E-state index contributed by atoms with van der Waals surface area (Å²) in [6, 6.07) is 7.21. The van der Waals surface area contributed by atoms with Gasteiger partial charge in [-0.2, -0.15) is 0 Å². The number of alkyl halides is 1. The number of para-hydroxylation sites is 1. The highest BCUT2D eigenvalue weighted by atomic mass is 35.5. The molecule has 1 aromatic carbocycles. The standard InChI is InChI=1S/C14H16ClNO4S/c1-14(9-15)8-13(16-20-14)21(17,18)12-6-7-19-11-5-3-2-4-10(11)12/h2-5,12H,6-9H2,1H3. The summed E-state index contributed by atoms with van der Waals surface area (Å²) in [5.74, 6) is 0.817. The minimum absolute atomic E-state index is 0.0763. The normalized spacial score (nSPS) is 28.3. The van der Waals surface area contributed by atoms with E-state index in [1.165, 1.54) is 0 Å². The van der Waals surface area contributed by atoms with Crippen LogP contribution in [0.4, 0.5) is 0 Å². The zero-order valence-corrected chi connectivity index (χ0v) is 13.2. The Labute approximate surface area is 128 Å². The van der Waals surface area contributed by atoms with Crippen molar-refractivity contribution in [3.05, 3.63) is 29.8 Å². The van der Waals surface area contributed by atoms with E-state index in [-0.39, 0.29) is 17.3 Å². The van der Waals surface area contributed by atoms with Gasteiger partial charge in [-0.05, 0) is 13.0 Å². The van der Waals surface area contributed by atoms with E-state index in [9.17, 15) is 8.42 Å². The van der Waals surface area contributed by atoms with Gasteiger partial charge >= 0.3 is 0 Å². The highest BCUT2D eigenvalue weighted by molar-refractivity contribution is 8.06. The molecule has 2 atom stereocenters. The van der Waals surface area contributed by atoms with Crippen molar-refractivity contribution in [1.82, 2.24) is 0 Å². The van der Waals surface area contributed by atoms with Crippen LogP contribution in [0.25, 0.3) is 0 Å². The minimum atomic E-state index is -3.57. The summed E-state index contributed by atoms with van der Waals surface area (Å²) in [4.78, 5) is 5.21. The number of fused-ring (bicyclic) bond motifs is 1. The molecule has 2 aliphatic rings. The minimum Gasteiger partial charge on any atom is -0.493 e. The van der Waals surface area contributed by atoms with Gasteiger partial charge in [0.2, 0.25) is 9.84 Å². The van der Waals surface area contributed by atoms with Crippen molar-refractivity contribution >= 4 is 26.5 Å². The Morgan fingerprint density at radius 2 is 2.19 bits per heavy atom. The van der Waals surface area contributed by atoms with E-state index in [1.54, 1.807) is 19.1 Å². The van der Waals surface area contributed by atoms with Crippen LogP contribution in [0.1, 0.15) is 30.6 Å². The Balaban J connectivity index is 1.94. The molecule has 2 unspecified atom stereocenters. The van der Waals surface area contributed by atoms with Crippen molar-refractivity contribution < 1.29 is 18.0 Å². The van der Waals surface area contributed by atoms with Gasteiger partial charge in [0, 0.05) is 18.4 Å². The highest BCUT2D eigenvalue weighted by Gasteiger charge is 2.44. The van der Waals surface area contributed by atoms with E-state index < -0.39 is 20.7 Å². The maximum absolute atomic E-state index is 12.8. The Morgan fingerprint density at radius 1 is 1.43 bits per heavy atom. The molecule has 0 N–H and O–H groups in total. The molecule has 1 aromatic rings. The molecule has 0 amide bonds. The second-order valence-electron chi connectivity index (χ2n) is 5.55. The van der Waals surface area contributed by atoms with Crippen molar-refractivity contribution in [3.8, 4) is 5.75 Å². The third-order valence-corrected chi connectivity index (χ3v) is 6.46. The van der Waals surface area contributed by atoms with Gasteiger partial charge in [-0.3, -0.25) is 0 Å². The molecule has 0 bridgehead atoms. The predicted molar refractivity (Wildman–Crippen MR) is 80.5 cm³/mol. The summed E-state index contributed by atoms with van der Waals surface area (Å²) in [6.45, 7) is 2.13. The molecular formula is C14H16ClNO4S. The molecule has 21 heavy (non-hydrogen) atoms. The SMILES string of the molecule is CC1(CCl)CC(S(=O)(=O)C2CCOc3ccccc32)=NO1. The van der Waals surface area contributed by atoms with Gasteiger partial charge in [0.25, 0.3) is 0 Å². The van der Waals surface area contributed by atoms with Crippen LogP contribution < -0.4 is 4.74 Å². The summed E-state index contributed by atoms with van der Waals surface area (Å²) < 4.78 is 31.2. The number of benzene rings is 1. The van der Waals surface area contributed by atoms with Gasteiger partial charge in [0.1, 0.15) is 5.75 Å². The Morgan fingerprint density at radius 3 is 2.90 bits per heavy atom. The van der Waals surface area contributed by atoms with Crippen molar-refractivity contribution in [3.63, 3.8) is 0 Å². The fourth-order valence-corrected chi connectivity index (χ4v) is 4.62. The topological polar surface area (TPSA) is 65.0 Å². The van der Waals surface area contributed by atoms with E-state index in [4.69, 9.17) is 21.2 Å². The lowest BCUT2D eigenvalue weighted by molar-refractivity contribution is 0.0152. The molecule has 2 aliphatic heterocycles. The van der Waals surface area contributed by atoms with Gasteiger partial charge in [0.15, 0.2) is 10.6 Å². The van der Waals surface area contributed by atoms with Crippen molar-refractivity contribution in [2.75, 3.05) is 12.5 Å². The van der Waals surface area contributed by atoms with Crippen molar-refractivity contribution in [2.24, 2.45) is 5.16 Å². The smallest absolute Gasteiger partial charge is 0.202 e. The molecule has 0 aromatic heterocycles. The lowest BCUT2D eigenvalue weighted by Gasteiger charge is -2.25. The van der Waals surface area contributed by atoms with Gasteiger partial charge < -0.3 is 9.57 Å². The largest absolute Gasteiger partial charge is 0.493 e. The summed E-state index contributed by atoms with van der Waals surface area (Å²) >= 11 is 5.82. The highest BCUT2D eigenvalue weighted by Crippen LogP contribution is 2.40. The average Bonchev–Trinajstić information content (AvgIpc) is 2.91. The van der Waals surface area contributed by atoms with E-state index in [2.05, 4.69) is 5.16 Å². The number of oxime groups is 1. The first-order valence-corrected chi connectivity index (χ1v) is 8.81. The van der Waals surface area contributed by atoms with E-state index >= 15 is 0 Å². The summed E-state index contributed by atoms with van der Waals surface area (Å²) in [6.07, 6.45) is 0.619. The predicted octanol–water partition coefficient (Wildman–Crippen LogP) is 2.66. The molecule has 5 nitrogen and oxygen atoms in total.